The molecule has 0 bridgehead atoms. The van der Waals surface area contributed by atoms with Crippen molar-refractivity contribution in [3.63, 3.8) is 0 Å². The van der Waals surface area contributed by atoms with Gasteiger partial charge in [-0.1, -0.05) is 6.92 Å². The number of hydrogen-bond acceptors (Lipinski definition) is 6. The van der Waals surface area contributed by atoms with Gasteiger partial charge in [0.25, 0.3) is 0 Å². The standard InChI is InChI=1S/C14H20N2O4S/c1-3-9-7-10(12(17)20-4-2)11(21-9)16-13(18)14(15)5-6-19-8-14/h7H,3-6,8,15H2,1-2H3,(H,16,18). The number of ether oxygens (including phenoxy) is 2. The van der Waals surface area contributed by atoms with Gasteiger partial charge in [-0.15, -0.1) is 11.3 Å². The Morgan fingerprint density at radius 2 is 2.29 bits per heavy atom. The fourth-order valence-corrected chi connectivity index (χ4v) is 3.04. The molecular weight excluding hydrogens is 292 g/mol. The minimum atomic E-state index is -1.03. The van der Waals surface area contributed by atoms with Crippen molar-refractivity contribution < 1.29 is 19.1 Å². The van der Waals surface area contributed by atoms with Gasteiger partial charge >= 0.3 is 5.97 Å². The highest BCUT2D eigenvalue weighted by atomic mass is 32.1. The highest BCUT2D eigenvalue weighted by Gasteiger charge is 2.39. The quantitative estimate of drug-likeness (QED) is 0.805. The summed E-state index contributed by atoms with van der Waals surface area (Å²) >= 11 is 1.37. The van der Waals surface area contributed by atoms with Crippen LogP contribution >= 0.6 is 11.3 Å². The number of aryl methyl sites for hydroxylation is 1. The third-order valence-electron chi connectivity index (χ3n) is 3.36. The molecule has 0 saturated carbocycles. The number of carbonyl (C=O) groups is 2. The molecule has 0 radical (unpaired) electrons. The SMILES string of the molecule is CCOC(=O)c1cc(CC)sc1NC(=O)C1(N)CCOC1. The van der Waals surface area contributed by atoms with Crippen LogP contribution in [-0.4, -0.2) is 37.2 Å². The number of esters is 1. The van der Waals surface area contributed by atoms with E-state index in [1.54, 1.807) is 13.0 Å². The van der Waals surface area contributed by atoms with Crippen LogP contribution in [0.3, 0.4) is 0 Å². The van der Waals surface area contributed by atoms with Gasteiger partial charge in [-0.2, -0.15) is 0 Å². The fraction of sp³-hybridized carbons (Fsp3) is 0.571. The first kappa shape index (κ1) is 15.9. The van der Waals surface area contributed by atoms with E-state index in [1.807, 2.05) is 6.92 Å². The van der Waals surface area contributed by atoms with E-state index in [9.17, 15) is 9.59 Å². The van der Waals surface area contributed by atoms with Crippen LogP contribution in [-0.2, 0) is 20.7 Å². The molecule has 1 aromatic rings. The smallest absolute Gasteiger partial charge is 0.341 e. The van der Waals surface area contributed by atoms with E-state index in [2.05, 4.69) is 5.32 Å². The second-order valence-electron chi connectivity index (χ2n) is 4.94. The Morgan fingerprint density at radius 1 is 1.52 bits per heavy atom. The summed E-state index contributed by atoms with van der Waals surface area (Å²) in [6.45, 7) is 4.69. The zero-order valence-electron chi connectivity index (χ0n) is 12.2. The summed E-state index contributed by atoms with van der Waals surface area (Å²) in [5.41, 5.74) is 5.38. The average molecular weight is 312 g/mol. The summed E-state index contributed by atoms with van der Waals surface area (Å²) in [6.07, 6.45) is 1.25. The molecule has 1 amide bonds. The molecule has 1 fully saturated rings. The normalized spacial score (nSPS) is 21.3. The molecule has 2 heterocycles. The zero-order valence-corrected chi connectivity index (χ0v) is 13.0. The molecular formula is C14H20N2O4S. The number of amides is 1. The lowest BCUT2D eigenvalue weighted by atomic mass is 9.99. The van der Waals surface area contributed by atoms with Crippen LogP contribution in [0, 0.1) is 0 Å². The van der Waals surface area contributed by atoms with E-state index in [-0.39, 0.29) is 19.1 Å². The summed E-state index contributed by atoms with van der Waals surface area (Å²) in [4.78, 5) is 25.3. The van der Waals surface area contributed by atoms with Crippen LogP contribution < -0.4 is 11.1 Å². The van der Waals surface area contributed by atoms with Crippen LogP contribution in [0.5, 0.6) is 0 Å². The highest BCUT2D eigenvalue weighted by Crippen LogP contribution is 2.30. The maximum atomic E-state index is 12.3. The molecule has 1 aliphatic heterocycles. The van der Waals surface area contributed by atoms with Crippen LogP contribution in [0.4, 0.5) is 5.00 Å². The third-order valence-corrected chi connectivity index (χ3v) is 4.55. The first-order valence-corrected chi connectivity index (χ1v) is 7.79. The molecule has 1 aliphatic rings. The minimum absolute atomic E-state index is 0.194. The molecule has 3 N–H and O–H groups in total. The predicted molar refractivity (Wildman–Crippen MR) is 80.6 cm³/mol. The Labute approximate surface area is 127 Å². The lowest BCUT2D eigenvalue weighted by molar-refractivity contribution is -0.121. The van der Waals surface area contributed by atoms with Crippen molar-refractivity contribution in [3.05, 3.63) is 16.5 Å². The molecule has 2 rings (SSSR count). The third kappa shape index (κ3) is 3.42. The van der Waals surface area contributed by atoms with Gasteiger partial charge in [-0.25, -0.2) is 4.79 Å². The zero-order chi connectivity index (χ0) is 15.5. The maximum absolute atomic E-state index is 12.3. The summed E-state index contributed by atoms with van der Waals surface area (Å²) in [5.74, 6) is -0.757. The van der Waals surface area contributed by atoms with Crippen LogP contribution in [0.25, 0.3) is 0 Å². The number of hydrogen-bond donors (Lipinski definition) is 2. The highest BCUT2D eigenvalue weighted by molar-refractivity contribution is 7.16. The van der Waals surface area contributed by atoms with E-state index in [0.717, 1.165) is 11.3 Å². The lowest BCUT2D eigenvalue weighted by Crippen LogP contribution is -2.51. The number of anilines is 1. The monoisotopic (exact) mass is 312 g/mol. The van der Waals surface area contributed by atoms with Gasteiger partial charge in [-0.3, -0.25) is 4.79 Å². The Hall–Kier alpha value is -1.44. The van der Waals surface area contributed by atoms with Crippen LogP contribution in [0.15, 0.2) is 6.07 Å². The molecule has 1 aromatic heterocycles. The Morgan fingerprint density at radius 3 is 2.86 bits per heavy atom. The first-order valence-electron chi connectivity index (χ1n) is 6.98. The van der Waals surface area contributed by atoms with E-state index in [1.165, 1.54) is 11.3 Å². The van der Waals surface area contributed by atoms with Crippen molar-refractivity contribution in [1.29, 1.82) is 0 Å². The van der Waals surface area contributed by atoms with Crippen molar-refractivity contribution in [2.45, 2.75) is 32.2 Å². The second-order valence-corrected chi connectivity index (χ2v) is 6.08. The molecule has 1 saturated heterocycles. The van der Waals surface area contributed by atoms with Crippen LogP contribution in [0.2, 0.25) is 0 Å². The van der Waals surface area contributed by atoms with E-state index in [4.69, 9.17) is 15.2 Å². The number of nitrogens with one attached hydrogen (secondary N) is 1. The molecule has 1 atom stereocenters. The van der Waals surface area contributed by atoms with Crippen LogP contribution in [0.1, 0.15) is 35.5 Å². The van der Waals surface area contributed by atoms with Gasteiger partial charge < -0.3 is 20.5 Å². The summed E-state index contributed by atoms with van der Waals surface area (Å²) in [6, 6.07) is 1.76. The van der Waals surface area contributed by atoms with Gasteiger partial charge in [0.05, 0.1) is 18.8 Å². The Balaban J connectivity index is 2.20. The predicted octanol–water partition coefficient (Wildman–Crippen LogP) is 1.54. The maximum Gasteiger partial charge on any atom is 0.341 e. The minimum Gasteiger partial charge on any atom is -0.462 e. The number of nitrogens with two attached hydrogens (primary N) is 1. The summed E-state index contributed by atoms with van der Waals surface area (Å²) in [5, 5.41) is 3.25. The summed E-state index contributed by atoms with van der Waals surface area (Å²) < 4.78 is 10.2. The second kappa shape index (κ2) is 6.55. The van der Waals surface area contributed by atoms with E-state index >= 15 is 0 Å². The number of thiophene rings is 1. The molecule has 0 aliphatic carbocycles. The van der Waals surface area contributed by atoms with Gasteiger partial charge in [0.1, 0.15) is 10.5 Å². The topological polar surface area (TPSA) is 90.7 Å². The van der Waals surface area contributed by atoms with E-state index < -0.39 is 11.5 Å². The molecule has 7 heteroatoms. The fourth-order valence-electron chi connectivity index (χ4n) is 2.06. The molecule has 21 heavy (non-hydrogen) atoms. The molecule has 0 spiro atoms. The van der Waals surface area contributed by atoms with Crippen molar-refractivity contribution >= 4 is 28.2 Å². The van der Waals surface area contributed by atoms with Crippen molar-refractivity contribution in [1.82, 2.24) is 0 Å². The number of carbonyl (C=O) groups excluding carboxylic acids is 2. The van der Waals surface area contributed by atoms with Gasteiger partial charge in [0, 0.05) is 11.5 Å². The Kier molecular flexibility index (Phi) is 4.97. The molecule has 116 valence electrons. The summed E-state index contributed by atoms with van der Waals surface area (Å²) in [7, 11) is 0. The van der Waals surface area contributed by atoms with Crippen molar-refractivity contribution in [2.75, 3.05) is 25.1 Å². The molecule has 0 aromatic carbocycles. The first-order chi connectivity index (χ1) is 10.00. The average Bonchev–Trinajstić information content (AvgIpc) is 3.06. The lowest BCUT2D eigenvalue weighted by Gasteiger charge is -2.20. The largest absolute Gasteiger partial charge is 0.462 e. The van der Waals surface area contributed by atoms with Crippen molar-refractivity contribution in [2.24, 2.45) is 5.73 Å². The van der Waals surface area contributed by atoms with Gasteiger partial charge in [0.15, 0.2) is 0 Å². The van der Waals surface area contributed by atoms with Gasteiger partial charge in [-0.05, 0) is 25.8 Å². The van der Waals surface area contributed by atoms with Gasteiger partial charge in [0.2, 0.25) is 5.91 Å². The van der Waals surface area contributed by atoms with E-state index in [0.29, 0.717) is 23.6 Å². The molecule has 6 nitrogen and oxygen atoms in total. The number of rotatable bonds is 5. The van der Waals surface area contributed by atoms with Crippen molar-refractivity contribution in [3.8, 4) is 0 Å². The Bertz CT molecular complexity index is 535. The molecule has 1 unspecified atom stereocenters.